The number of benzene rings is 1. The van der Waals surface area contributed by atoms with Crippen LogP contribution in [0.4, 0.5) is 0 Å². The standard InChI is InChI=1S/C18H22N2O/c19-18(14-2-3-14)16-6-9-20(12-16)8-5-13-1-4-17-15(11-13)7-10-21-17/h1,4,6,9,11-12,14,18H,2-3,5,7-8,10,19H2. The van der Waals surface area contributed by atoms with E-state index in [1.165, 1.54) is 29.5 Å². The number of nitrogens with two attached hydrogens (primary N) is 1. The van der Waals surface area contributed by atoms with E-state index in [4.69, 9.17) is 10.5 Å². The minimum atomic E-state index is 0.239. The zero-order valence-electron chi connectivity index (χ0n) is 12.3. The van der Waals surface area contributed by atoms with Gasteiger partial charge in [-0.3, -0.25) is 0 Å². The summed E-state index contributed by atoms with van der Waals surface area (Å²) in [5.74, 6) is 1.79. The molecule has 4 rings (SSSR count). The molecule has 21 heavy (non-hydrogen) atoms. The molecule has 0 saturated heterocycles. The van der Waals surface area contributed by atoms with Crippen LogP contribution in [-0.2, 0) is 19.4 Å². The van der Waals surface area contributed by atoms with Crippen molar-refractivity contribution in [3.05, 3.63) is 53.3 Å². The molecule has 1 aliphatic heterocycles. The number of hydrogen-bond acceptors (Lipinski definition) is 2. The fraction of sp³-hybridized carbons (Fsp3) is 0.444. The topological polar surface area (TPSA) is 40.2 Å². The first-order chi connectivity index (χ1) is 10.3. The van der Waals surface area contributed by atoms with Crippen LogP contribution in [-0.4, -0.2) is 11.2 Å². The second-order valence-electron chi connectivity index (χ2n) is 6.34. The molecule has 2 aromatic rings. The van der Waals surface area contributed by atoms with E-state index in [0.717, 1.165) is 37.7 Å². The Morgan fingerprint density at radius 3 is 3.05 bits per heavy atom. The first-order valence-electron chi connectivity index (χ1n) is 7.95. The van der Waals surface area contributed by atoms with Crippen LogP contribution in [0.5, 0.6) is 5.75 Å². The smallest absolute Gasteiger partial charge is 0.122 e. The maximum atomic E-state index is 6.26. The number of nitrogens with zero attached hydrogens (tertiary/aromatic N) is 1. The van der Waals surface area contributed by atoms with Crippen molar-refractivity contribution in [1.29, 1.82) is 0 Å². The van der Waals surface area contributed by atoms with Gasteiger partial charge in [-0.25, -0.2) is 0 Å². The molecule has 2 N–H and O–H groups in total. The van der Waals surface area contributed by atoms with Gasteiger partial charge in [0.1, 0.15) is 5.75 Å². The molecule has 110 valence electrons. The monoisotopic (exact) mass is 282 g/mol. The van der Waals surface area contributed by atoms with E-state index in [-0.39, 0.29) is 6.04 Å². The van der Waals surface area contributed by atoms with Crippen molar-refractivity contribution in [3.8, 4) is 5.75 Å². The third-order valence-corrected chi connectivity index (χ3v) is 4.70. The fourth-order valence-electron chi connectivity index (χ4n) is 3.18. The molecule has 1 unspecified atom stereocenters. The second-order valence-corrected chi connectivity index (χ2v) is 6.34. The van der Waals surface area contributed by atoms with Gasteiger partial charge in [0.25, 0.3) is 0 Å². The van der Waals surface area contributed by atoms with Crippen LogP contribution in [0, 0.1) is 5.92 Å². The van der Waals surface area contributed by atoms with Crippen molar-refractivity contribution in [2.24, 2.45) is 11.7 Å². The quantitative estimate of drug-likeness (QED) is 0.915. The lowest BCUT2D eigenvalue weighted by atomic mass is 10.1. The number of fused-ring (bicyclic) bond motifs is 1. The normalized spacial score (nSPS) is 18.3. The van der Waals surface area contributed by atoms with Crippen molar-refractivity contribution >= 4 is 0 Å². The Bertz CT molecular complexity index is 642. The third-order valence-electron chi connectivity index (χ3n) is 4.70. The molecule has 3 nitrogen and oxygen atoms in total. The van der Waals surface area contributed by atoms with Gasteiger partial charge in [0.15, 0.2) is 0 Å². The lowest BCUT2D eigenvalue weighted by Crippen LogP contribution is -2.11. The largest absolute Gasteiger partial charge is 0.493 e. The van der Waals surface area contributed by atoms with Gasteiger partial charge < -0.3 is 15.0 Å². The number of aromatic nitrogens is 1. The lowest BCUT2D eigenvalue weighted by molar-refractivity contribution is 0.357. The van der Waals surface area contributed by atoms with Gasteiger partial charge in [-0.15, -0.1) is 0 Å². The predicted molar refractivity (Wildman–Crippen MR) is 83.4 cm³/mol. The molecule has 2 aliphatic rings. The van der Waals surface area contributed by atoms with Gasteiger partial charge in [-0.2, -0.15) is 0 Å². The van der Waals surface area contributed by atoms with Crippen LogP contribution in [0.3, 0.4) is 0 Å². The summed E-state index contributed by atoms with van der Waals surface area (Å²) in [6, 6.07) is 9.01. The highest BCUT2D eigenvalue weighted by Gasteiger charge is 2.29. The van der Waals surface area contributed by atoms with Gasteiger partial charge in [-0.1, -0.05) is 12.1 Å². The highest BCUT2D eigenvalue weighted by Crippen LogP contribution is 2.39. The average molecular weight is 282 g/mol. The van der Waals surface area contributed by atoms with Gasteiger partial charge in [0, 0.05) is 31.4 Å². The molecule has 1 aliphatic carbocycles. The van der Waals surface area contributed by atoms with E-state index in [2.05, 4.69) is 41.2 Å². The minimum Gasteiger partial charge on any atom is -0.493 e. The maximum Gasteiger partial charge on any atom is 0.122 e. The summed E-state index contributed by atoms with van der Waals surface area (Å²) >= 11 is 0. The van der Waals surface area contributed by atoms with E-state index < -0.39 is 0 Å². The molecule has 2 heterocycles. The average Bonchev–Trinajstić information content (AvgIpc) is 3.07. The third kappa shape index (κ3) is 2.70. The van der Waals surface area contributed by atoms with Crippen molar-refractivity contribution < 1.29 is 4.74 Å². The van der Waals surface area contributed by atoms with E-state index in [0.29, 0.717) is 0 Å². The fourth-order valence-corrected chi connectivity index (χ4v) is 3.18. The number of hydrogen-bond donors (Lipinski definition) is 1. The van der Waals surface area contributed by atoms with Crippen molar-refractivity contribution in [2.45, 2.75) is 38.3 Å². The summed E-state index contributed by atoms with van der Waals surface area (Å²) in [6.45, 7) is 1.84. The Kier molecular flexibility index (Phi) is 3.23. The zero-order valence-corrected chi connectivity index (χ0v) is 12.3. The Morgan fingerprint density at radius 1 is 1.29 bits per heavy atom. The molecule has 0 bridgehead atoms. The summed E-state index contributed by atoms with van der Waals surface area (Å²) in [5.41, 5.74) is 10.3. The first-order valence-corrected chi connectivity index (χ1v) is 7.95. The van der Waals surface area contributed by atoms with E-state index in [9.17, 15) is 0 Å². The van der Waals surface area contributed by atoms with Gasteiger partial charge in [0.05, 0.1) is 6.61 Å². The number of aryl methyl sites for hydroxylation is 2. The Morgan fingerprint density at radius 2 is 2.19 bits per heavy atom. The molecule has 1 fully saturated rings. The van der Waals surface area contributed by atoms with Crippen molar-refractivity contribution in [1.82, 2.24) is 4.57 Å². The van der Waals surface area contributed by atoms with Crippen molar-refractivity contribution in [2.75, 3.05) is 6.61 Å². The lowest BCUT2D eigenvalue weighted by Gasteiger charge is -2.08. The van der Waals surface area contributed by atoms with Crippen LogP contribution >= 0.6 is 0 Å². The molecule has 1 aromatic heterocycles. The van der Waals surface area contributed by atoms with Crippen LogP contribution in [0.15, 0.2) is 36.7 Å². The molecule has 0 amide bonds. The molecule has 0 spiro atoms. The molecule has 3 heteroatoms. The van der Waals surface area contributed by atoms with Gasteiger partial charge in [0.2, 0.25) is 0 Å². The molecule has 1 saturated carbocycles. The zero-order chi connectivity index (χ0) is 14.2. The Labute approximate surface area is 125 Å². The molecule has 1 atom stereocenters. The van der Waals surface area contributed by atoms with Crippen LogP contribution in [0.1, 0.15) is 35.6 Å². The summed E-state index contributed by atoms with van der Waals surface area (Å²) < 4.78 is 7.82. The number of rotatable bonds is 5. The molecular weight excluding hydrogens is 260 g/mol. The molecule has 0 radical (unpaired) electrons. The predicted octanol–water partition coefficient (Wildman–Crippen LogP) is 3.08. The van der Waals surface area contributed by atoms with E-state index >= 15 is 0 Å². The summed E-state index contributed by atoms with van der Waals surface area (Å²) in [6.07, 6.45) is 9.08. The van der Waals surface area contributed by atoms with Crippen LogP contribution < -0.4 is 10.5 Å². The highest BCUT2D eigenvalue weighted by molar-refractivity contribution is 5.39. The minimum absolute atomic E-state index is 0.239. The summed E-state index contributed by atoms with van der Waals surface area (Å²) in [5, 5.41) is 0. The maximum absolute atomic E-state index is 6.26. The van der Waals surface area contributed by atoms with Crippen molar-refractivity contribution in [3.63, 3.8) is 0 Å². The first kappa shape index (κ1) is 13.0. The van der Waals surface area contributed by atoms with E-state index in [1.807, 2.05) is 0 Å². The SMILES string of the molecule is NC(c1ccn(CCc2ccc3c(c2)CCO3)c1)C1CC1. The van der Waals surface area contributed by atoms with Crippen LogP contribution in [0.25, 0.3) is 0 Å². The Hall–Kier alpha value is -1.74. The number of ether oxygens (including phenoxy) is 1. The Balaban J connectivity index is 1.40. The second kappa shape index (κ2) is 5.23. The summed E-state index contributed by atoms with van der Waals surface area (Å²) in [4.78, 5) is 0. The highest BCUT2D eigenvalue weighted by atomic mass is 16.5. The van der Waals surface area contributed by atoms with Crippen LogP contribution in [0.2, 0.25) is 0 Å². The van der Waals surface area contributed by atoms with Gasteiger partial charge in [-0.05, 0) is 54.0 Å². The molecule has 1 aromatic carbocycles. The van der Waals surface area contributed by atoms with E-state index in [1.54, 1.807) is 0 Å². The molecular formula is C18H22N2O. The van der Waals surface area contributed by atoms with Gasteiger partial charge >= 0.3 is 0 Å². The summed E-state index contributed by atoms with van der Waals surface area (Å²) in [7, 11) is 0.